The van der Waals surface area contributed by atoms with E-state index in [0.29, 0.717) is 11.8 Å². The van der Waals surface area contributed by atoms with Gasteiger partial charge in [0, 0.05) is 13.2 Å². The van der Waals surface area contributed by atoms with E-state index >= 15 is 0 Å². The number of hydrogen-bond acceptors (Lipinski definition) is 5. The summed E-state index contributed by atoms with van der Waals surface area (Å²) in [7, 11) is 3.35. The predicted molar refractivity (Wildman–Crippen MR) is 74.8 cm³/mol. The Bertz CT molecular complexity index is 360. The highest BCUT2D eigenvalue weighted by Crippen LogP contribution is 2.27. The smallest absolute Gasteiger partial charge is 0.209 e. The lowest BCUT2D eigenvalue weighted by atomic mass is 9.90. The molecule has 0 aliphatic carbocycles. The highest BCUT2D eigenvalue weighted by atomic mass is 16.5. The van der Waals surface area contributed by atoms with Crippen LogP contribution in [0.2, 0.25) is 0 Å². The van der Waals surface area contributed by atoms with Crippen LogP contribution in [-0.2, 0) is 14.2 Å². The molecule has 5 nitrogen and oxygen atoms in total. The minimum absolute atomic E-state index is 0.0150. The van der Waals surface area contributed by atoms with Crippen LogP contribution in [0.15, 0.2) is 9.98 Å². The molecule has 1 fully saturated rings. The second-order valence-corrected chi connectivity index (χ2v) is 5.43. The van der Waals surface area contributed by atoms with E-state index in [1.807, 2.05) is 0 Å². The van der Waals surface area contributed by atoms with E-state index < -0.39 is 0 Å². The summed E-state index contributed by atoms with van der Waals surface area (Å²) in [6.07, 6.45) is 2.00. The summed E-state index contributed by atoms with van der Waals surface area (Å²) in [4.78, 5) is 9.47. The molecule has 5 heteroatoms. The molecule has 2 heterocycles. The van der Waals surface area contributed by atoms with E-state index in [2.05, 4.69) is 13.8 Å². The van der Waals surface area contributed by atoms with Crippen molar-refractivity contribution in [3.05, 3.63) is 0 Å². The molecule has 0 radical (unpaired) electrons. The standard InChI is InChI=1S/C14H24N2O3/c1-9(2)11-13(17-3)16-12(14(15-11)18-4)10-5-7-19-8-6-10/h9-12H,5-8H2,1-4H3/t11-,12+/m0/s1. The van der Waals surface area contributed by atoms with Crippen molar-refractivity contribution >= 4 is 11.8 Å². The Morgan fingerprint density at radius 1 is 1.05 bits per heavy atom. The Morgan fingerprint density at radius 2 is 1.68 bits per heavy atom. The Kier molecular flexibility index (Phi) is 4.80. The van der Waals surface area contributed by atoms with Crippen LogP contribution in [0.3, 0.4) is 0 Å². The molecule has 0 N–H and O–H groups in total. The van der Waals surface area contributed by atoms with Gasteiger partial charge in [0.05, 0.1) is 14.2 Å². The summed E-state index contributed by atoms with van der Waals surface area (Å²) in [6, 6.07) is -0.0464. The van der Waals surface area contributed by atoms with Gasteiger partial charge < -0.3 is 14.2 Å². The quantitative estimate of drug-likeness (QED) is 0.768. The maximum absolute atomic E-state index is 5.48. The molecule has 0 aromatic heterocycles. The average molecular weight is 268 g/mol. The molecule has 2 aliphatic rings. The van der Waals surface area contributed by atoms with Crippen LogP contribution in [0.25, 0.3) is 0 Å². The van der Waals surface area contributed by atoms with Gasteiger partial charge >= 0.3 is 0 Å². The van der Waals surface area contributed by atoms with Crippen LogP contribution >= 0.6 is 0 Å². The van der Waals surface area contributed by atoms with Crippen molar-refractivity contribution in [1.82, 2.24) is 0 Å². The van der Waals surface area contributed by atoms with Gasteiger partial charge in [-0.1, -0.05) is 13.8 Å². The SMILES string of the molecule is COC1=N[C@H](C2CCOCC2)C(OC)=N[C@H]1C(C)C. The van der Waals surface area contributed by atoms with Gasteiger partial charge in [-0.25, -0.2) is 9.98 Å². The molecule has 108 valence electrons. The Hall–Kier alpha value is -1.10. The summed E-state index contributed by atoms with van der Waals surface area (Å²) in [5.41, 5.74) is 0. The van der Waals surface area contributed by atoms with Gasteiger partial charge in [0.2, 0.25) is 11.8 Å². The zero-order valence-corrected chi connectivity index (χ0v) is 12.3. The van der Waals surface area contributed by atoms with Crippen molar-refractivity contribution in [2.24, 2.45) is 21.8 Å². The fourth-order valence-corrected chi connectivity index (χ4v) is 2.66. The van der Waals surface area contributed by atoms with Crippen molar-refractivity contribution in [2.75, 3.05) is 27.4 Å². The van der Waals surface area contributed by atoms with E-state index in [1.54, 1.807) is 14.2 Å². The Morgan fingerprint density at radius 3 is 2.21 bits per heavy atom. The van der Waals surface area contributed by atoms with Crippen molar-refractivity contribution in [1.29, 1.82) is 0 Å². The summed E-state index contributed by atoms with van der Waals surface area (Å²) in [5.74, 6) is 2.25. The fraction of sp³-hybridized carbons (Fsp3) is 0.857. The fourth-order valence-electron chi connectivity index (χ4n) is 2.66. The number of methoxy groups -OCH3 is 2. The first-order chi connectivity index (χ1) is 9.17. The zero-order chi connectivity index (χ0) is 13.8. The maximum atomic E-state index is 5.48. The first-order valence-electron chi connectivity index (χ1n) is 6.98. The number of rotatable bonds is 2. The topological polar surface area (TPSA) is 52.4 Å². The average Bonchev–Trinajstić information content (AvgIpc) is 2.46. The largest absolute Gasteiger partial charge is 0.483 e. The summed E-state index contributed by atoms with van der Waals surface area (Å²) in [6.45, 7) is 5.82. The normalized spacial score (nSPS) is 28.9. The first kappa shape index (κ1) is 14.3. The van der Waals surface area contributed by atoms with Crippen LogP contribution in [0.1, 0.15) is 26.7 Å². The van der Waals surface area contributed by atoms with E-state index in [-0.39, 0.29) is 12.1 Å². The predicted octanol–water partition coefficient (Wildman–Crippen LogP) is 1.91. The lowest BCUT2D eigenvalue weighted by Gasteiger charge is -2.32. The van der Waals surface area contributed by atoms with Gasteiger partial charge in [-0.2, -0.15) is 0 Å². The van der Waals surface area contributed by atoms with Crippen LogP contribution in [0.4, 0.5) is 0 Å². The van der Waals surface area contributed by atoms with Gasteiger partial charge in [-0.3, -0.25) is 0 Å². The highest BCUT2D eigenvalue weighted by molar-refractivity contribution is 5.94. The summed E-state index contributed by atoms with van der Waals surface area (Å²) < 4.78 is 16.3. The van der Waals surface area contributed by atoms with Crippen LogP contribution in [0.5, 0.6) is 0 Å². The molecule has 1 saturated heterocycles. The molecule has 0 aromatic rings. The monoisotopic (exact) mass is 268 g/mol. The molecule has 0 unspecified atom stereocenters. The van der Waals surface area contributed by atoms with Gasteiger partial charge in [0.25, 0.3) is 0 Å². The molecule has 2 rings (SSSR count). The van der Waals surface area contributed by atoms with Crippen molar-refractivity contribution < 1.29 is 14.2 Å². The van der Waals surface area contributed by atoms with Crippen molar-refractivity contribution in [3.8, 4) is 0 Å². The second-order valence-electron chi connectivity index (χ2n) is 5.43. The van der Waals surface area contributed by atoms with Crippen molar-refractivity contribution in [2.45, 2.75) is 38.8 Å². The third kappa shape index (κ3) is 3.08. The third-order valence-corrected chi connectivity index (χ3v) is 3.80. The number of nitrogens with zero attached hydrogens (tertiary/aromatic N) is 2. The molecule has 0 saturated carbocycles. The molecular formula is C14H24N2O3. The Balaban J connectivity index is 2.22. The van der Waals surface area contributed by atoms with E-state index in [0.717, 1.165) is 37.9 Å². The zero-order valence-electron chi connectivity index (χ0n) is 12.3. The third-order valence-electron chi connectivity index (χ3n) is 3.80. The maximum Gasteiger partial charge on any atom is 0.209 e. The Labute approximate surface area is 115 Å². The lowest BCUT2D eigenvalue weighted by Crippen LogP contribution is -2.42. The molecule has 2 aliphatic heterocycles. The minimum atomic E-state index is -0.0314. The van der Waals surface area contributed by atoms with Gasteiger partial charge in [0.1, 0.15) is 12.1 Å². The first-order valence-corrected chi connectivity index (χ1v) is 6.98. The minimum Gasteiger partial charge on any atom is -0.483 e. The highest BCUT2D eigenvalue weighted by Gasteiger charge is 2.35. The van der Waals surface area contributed by atoms with Gasteiger partial charge in [-0.15, -0.1) is 0 Å². The summed E-state index contributed by atoms with van der Waals surface area (Å²) in [5, 5.41) is 0. The van der Waals surface area contributed by atoms with E-state index in [1.165, 1.54) is 0 Å². The summed E-state index contributed by atoms with van der Waals surface area (Å²) >= 11 is 0. The van der Waals surface area contributed by atoms with Crippen LogP contribution < -0.4 is 0 Å². The number of hydrogen-bond donors (Lipinski definition) is 0. The van der Waals surface area contributed by atoms with Crippen molar-refractivity contribution in [3.63, 3.8) is 0 Å². The molecule has 0 aromatic carbocycles. The van der Waals surface area contributed by atoms with Gasteiger partial charge in [-0.05, 0) is 24.7 Å². The number of aliphatic imine (C=N–C) groups is 2. The van der Waals surface area contributed by atoms with Crippen LogP contribution in [0, 0.1) is 11.8 Å². The van der Waals surface area contributed by atoms with Crippen LogP contribution in [-0.4, -0.2) is 51.3 Å². The molecule has 0 spiro atoms. The molecule has 2 atom stereocenters. The van der Waals surface area contributed by atoms with E-state index in [4.69, 9.17) is 24.2 Å². The lowest BCUT2D eigenvalue weighted by molar-refractivity contribution is 0.0621. The molecule has 0 amide bonds. The van der Waals surface area contributed by atoms with Gasteiger partial charge in [0.15, 0.2) is 0 Å². The number of ether oxygens (including phenoxy) is 3. The second kappa shape index (κ2) is 6.37. The molecule has 0 bridgehead atoms. The van der Waals surface area contributed by atoms with E-state index in [9.17, 15) is 0 Å². The molecule has 19 heavy (non-hydrogen) atoms. The molecular weight excluding hydrogens is 244 g/mol.